The Balaban J connectivity index is 1.49. The molecule has 2 saturated heterocycles. The zero-order valence-electron chi connectivity index (χ0n) is 13.2. The van der Waals surface area contributed by atoms with E-state index in [1.807, 2.05) is 17.0 Å². The molecule has 1 N–H and O–H groups in total. The Bertz CT molecular complexity index is 474. The van der Waals surface area contributed by atoms with Crippen molar-refractivity contribution in [3.63, 3.8) is 0 Å². The van der Waals surface area contributed by atoms with E-state index in [2.05, 4.69) is 17.4 Å². The first-order valence-corrected chi connectivity index (χ1v) is 8.54. The number of carbonyl (C=O) groups excluding carboxylic acids is 1. The maximum atomic E-state index is 12.1. The van der Waals surface area contributed by atoms with Crippen LogP contribution in [0.5, 0.6) is 5.75 Å². The first-order chi connectivity index (χ1) is 10.8. The third kappa shape index (κ3) is 4.01. The molecule has 0 aliphatic carbocycles. The average Bonchev–Trinajstić information content (AvgIpc) is 2.61. The molecule has 4 nitrogen and oxygen atoms in total. The molecule has 1 aromatic carbocycles. The number of hydrogen-bond donors (Lipinski definition) is 1. The van der Waals surface area contributed by atoms with Gasteiger partial charge in [-0.1, -0.05) is 12.1 Å². The first-order valence-electron chi connectivity index (χ1n) is 8.54. The number of carbonyl (C=O) groups is 1. The van der Waals surface area contributed by atoms with Gasteiger partial charge in [0.15, 0.2) is 6.61 Å². The summed E-state index contributed by atoms with van der Waals surface area (Å²) in [5.74, 6) is 1.57. The number of nitrogens with one attached hydrogen (secondary N) is 1. The maximum absolute atomic E-state index is 12.1. The van der Waals surface area contributed by atoms with Gasteiger partial charge in [0.25, 0.3) is 5.91 Å². The zero-order chi connectivity index (χ0) is 15.2. The second-order valence-corrected chi connectivity index (χ2v) is 6.32. The topological polar surface area (TPSA) is 41.6 Å². The molecule has 3 rings (SSSR count). The molecule has 2 heterocycles. The predicted molar refractivity (Wildman–Crippen MR) is 87.2 cm³/mol. The largest absolute Gasteiger partial charge is 0.484 e. The van der Waals surface area contributed by atoms with Crippen molar-refractivity contribution in [2.24, 2.45) is 0 Å². The molecule has 1 amide bonds. The van der Waals surface area contributed by atoms with Gasteiger partial charge >= 0.3 is 0 Å². The highest BCUT2D eigenvalue weighted by atomic mass is 16.5. The fourth-order valence-corrected chi connectivity index (χ4v) is 3.37. The molecule has 1 aromatic rings. The summed E-state index contributed by atoms with van der Waals surface area (Å²) in [6, 6.07) is 8.30. The third-order valence-corrected chi connectivity index (χ3v) is 4.76. The Morgan fingerprint density at radius 2 is 1.77 bits per heavy atom. The zero-order valence-corrected chi connectivity index (χ0v) is 13.2. The fourth-order valence-electron chi connectivity index (χ4n) is 3.37. The van der Waals surface area contributed by atoms with E-state index in [0.717, 1.165) is 44.8 Å². The lowest BCUT2D eigenvalue weighted by atomic mass is 9.90. The normalized spacial score (nSPS) is 19.9. The number of rotatable bonds is 4. The van der Waals surface area contributed by atoms with Crippen LogP contribution >= 0.6 is 0 Å². The molecule has 0 radical (unpaired) electrons. The second kappa shape index (κ2) is 7.63. The number of benzene rings is 1. The minimum absolute atomic E-state index is 0.113. The molecule has 0 saturated carbocycles. The van der Waals surface area contributed by atoms with Crippen LogP contribution in [0.25, 0.3) is 0 Å². The van der Waals surface area contributed by atoms with Crippen molar-refractivity contribution in [3.8, 4) is 5.75 Å². The highest BCUT2D eigenvalue weighted by molar-refractivity contribution is 5.77. The molecule has 0 bridgehead atoms. The van der Waals surface area contributed by atoms with Gasteiger partial charge in [-0.25, -0.2) is 0 Å². The Labute approximate surface area is 132 Å². The molecule has 0 unspecified atom stereocenters. The molecule has 2 aliphatic rings. The summed E-state index contributed by atoms with van der Waals surface area (Å²) in [5, 5.41) is 3.39. The van der Waals surface area contributed by atoms with Gasteiger partial charge in [0.2, 0.25) is 0 Å². The Morgan fingerprint density at radius 1 is 1.09 bits per heavy atom. The molecule has 2 aliphatic heterocycles. The van der Waals surface area contributed by atoms with E-state index >= 15 is 0 Å². The smallest absolute Gasteiger partial charge is 0.260 e. The Morgan fingerprint density at radius 3 is 2.45 bits per heavy atom. The van der Waals surface area contributed by atoms with Gasteiger partial charge in [0.1, 0.15) is 5.75 Å². The number of amides is 1. The van der Waals surface area contributed by atoms with Gasteiger partial charge < -0.3 is 15.0 Å². The lowest BCUT2D eigenvalue weighted by molar-refractivity contribution is -0.134. The van der Waals surface area contributed by atoms with Crippen molar-refractivity contribution >= 4 is 5.91 Å². The molecule has 0 atom stereocenters. The Kier molecular flexibility index (Phi) is 5.33. The van der Waals surface area contributed by atoms with E-state index < -0.39 is 0 Å². The minimum Gasteiger partial charge on any atom is -0.484 e. The number of piperidine rings is 2. The summed E-state index contributed by atoms with van der Waals surface area (Å²) >= 11 is 0. The van der Waals surface area contributed by atoms with E-state index in [-0.39, 0.29) is 12.5 Å². The molecule has 0 aromatic heterocycles. The summed E-state index contributed by atoms with van der Waals surface area (Å²) in [7, 11) is 0. The summed E-state index contributed by atoms with van der Waals surface area (Å²) in [6.45, 7) is 4.14. The van der Waals surface area contributed by atoms with Crippen LogP contribution in [-0.4, -0.2) is 43.6 Å². The number of likely N-dealkylation sites (tertiary alicyclic amines) is 1. The number of hydrogen-bond acceptors (Lipinski definition) is 3. The van der Waals surface area contributed by atoms with Gasteiger partial charge in [-0.05, 0) is 68.8 Å². The van der Waals surface area contributed by atoms with E-state index in [4.69, 9.17) is 4.74 Å². The van der Waals surface area contributed by atoms with Crippen LogP contribution in [-0.2, 0) is 4.79 Å². The predicted octanol–water partition coefficient (Wildman–Crippen LogP) is 2.54. The fraction of sp³-hybridized carbons (Fsp3) is 0.611. The molecule has 22 heavy (non-hydrogen) atoms. The van der Waals surface area contributed by atoms with Gasteiger partial charge in [0.05, 0.1) is 0 Å². The van der Waals surface area contributed by atoms with Crippen molar-refractivity contribution in [2.75, 3.05) is 32.8 Å². The Hall–Kier alpha value is -1.55. The maximum Gasteiger partial charge on any atom is 0.260 e. The highest BCUT2D eigenvalue weighted by Gasteiger charge is 2.17. The summed E-state index contributed by atoms with van der Waals surface area (Å²) in [6.07, 6.45) is 5.89. The highest BCUT2D eigenvalue weighted by Crippen LogP contribution is 2.26. The van der Waals surface area contributed by atoms with E-state index in [0.29, 0.717) is 5.92 Å². The average molecular weight is 302 g/mol. The molecule has 0 spiro atoms. The van der Waals surface area contributed by atoms with Crippen LogP contribution < -0.4 is 10.1 Å². The van der Waals surface area contributed by atoms with Crippen LogP contribution in [0.1, 0.15) is 43.6 Å². The van der Waals surface area contributed by atoms with Crippen molar-refractivity contribution in [1.82, 2.24) is 10.2 Å². The van der Waals surface area contributed by atoms with Gasteiger partial charge in [0, 0.05) is 13.1 Å². The first kappa shape index (κ1) is 15.3. The lowest BCUT2D eigenvalue weighted by Gasteiger charge is -2.26. The summed E-state index contributed by atoms with van der Waals surface area (Å²) < 4.78 is 5.66. The SMILES string of the molecule is O=C(COc1ccc(C2CCNCC2)cc1)N1CCCCC1. The number of ether oxygens (including phenoxy) is 1. The minimum atomic E-state index is 0.113. The van der Waals surface area contributed by atoms with Crippen LogP contribution in [0.4, 0.5) is 0 Å². The van der Waals surface area contributed by atoms with Gasteiger partial charge in [-0.15, -0.1) is 0 Å². The monoisotopic (exact) mass is 302 g/mol. The van der Waals surface area contributed by atoms with E-state index in [1.165, 1.54) is 24.8 Å². The van der Waals surface area contributed by atoms with Crippen LogP contribution in [0.2, 0.25) is 0 Å². The molecule has 120 valence electrons. The molecular formula is C18H26N2O2. The summed E-state index contributed by atoms with van der Waals surface area (Å²) in [4.78, 5) is 14.0. The molecule has 4 heteroatoms. The van der Waals surface area contributed by atoms with Crippen LogP contribution in [0.15, 0.2) is 24.3 Å². The molecular weight excluding hydrogens is 276 g/mol. The van der Waals surface area contributed by atoms with E-state index in [1.54, 1.807) is 0 Å². The van der Waals surface area contributed by atoms with E-state index in [9.17, 15) is 4.79 Å². The summed E-state index contributed by atoms with van der Waals surface area (Å²) in [5.41, 5.74) is 1.39. The van der Waals surface area contributed by atoms with Crippen molar-refractivity contribution < 1.29 is 9.53 Å². The second-order valence-electron chi connectivity index (χ2n) is 6.32. The van der Waals surface area contributed by atoms with Crippen LogP contribution in [0, 0.1) is 0 Å². The lowest BCUT2D eigenvalue weighted by Crippen LogP contribution is -2.38. The van der Waals surface area contributed by atoms with Crippen molar-refractivity contribution in [1.29, 1.82) is 0 Å². The van der Waals surface area contributed by atoms with Crippen LogP contribution in [0.3, 0.4) is 0 Å². The standard InChI is InChI=1S/C18H26N2O2/c21-18(20-12-2-1-3-13-20)14-22-17-6-4-15(5-7-17)16-8-10-19-11-9-16/h4-7,16,19H,1-3,8-14H2. The van der Waals surface area contributed by atoms with Gasteiger partial charge in [-0.3, -0.25) is 4.79 Å². The van der Waals surface area contributed by atoms with Crippen molar-refractivity contribution in [3.05, 3.63) is 29.8 Å². The third-order valence-electron chi connectivity index (χ3n) is 4.76. The molecule has 2 fully saturated rings. The quantitative estimate of drug-likeness (QED) is 0.929. The van der Waals surface area contributed by atoms with Gasteiger partial charge in [-0.2, -0.15) is 0 Å². The number of nitrogens with zero attached hydrogens (tertiary/aromatic N) is 1. The van der Waals surface area contributed by atoms with Crippen molar-refractivity contribution in [2.45, 2.75) is 38.0 Å².